The van der Waals surface area contributed by atoms with Crippen LogP contribution in [0, 0.1) is 6.92 Å². The number of aromatic amines is 1. The first-order valence-corrected chi connectivity index (χ1v) is 9.99. The summed E-state index contributed by atoms with van der Waals surface area (Å²) in [5, 5.41) is 0. The number of carbonyl (C=O) groups is 1. The average molecular weight is 356 g/mol. The maximum atomic E-state index is 12.3. The maximum Gasteiger partial charge on any atom is 0.410 e. The molecule has 2 atom stereocenters. The van der Waals surface area contributed by atoms with E-state index in [4.69, 9.17) is 4.74 Å². The summed E-state index contributed by atoms with van der Waals surface area (Å²) in [4.78, 5) is 23.4. The van der Waals surface area contributed by atoms with Gasteiger partial charge in [0.15, 0.2) is 9.84 Å². The summed E-state index contributed by atoms with van der Waals surface area (Å²) in [5.74, 6) is 0.0769. The Balaban J connectivity index is 1.80. The first kappa shape index (κ1) is 17.2. The lowest BCUT2D eigenvalue weighted by molar-refractivity contribution is 0.0159. The zero-order valence-corrected chi connectivity index (χ0v) is 15.0. The van der Waals surface area contributed by atoms with E-state index in [1.54, 1.807) is 25.1 Å². The van der Waals surface area contributed by atoms with Gasteiger partial charge in [-0.3, -0.25) is 4.90 Å². The zero-order chi connectivity index (χ0) is 17.5. The second kappa shape index (κ2) is 6.36. The molecule has 134 valence electrons. The number of aromatic nitrogens is 2. The van der Waals surface area contributed by atoms with Crippen LogP contribution in [0.4, 0.5) is 4.79 Å². The van der Waals surface area contributed by atoms with Gasteiger partial charge in [0.2, 0.25) is 0 Å². The van der Waals surface area contributed by atoms with E-state index < -0.39 is 15.9 Å². The minimum atomic E-state index is -3.17. The molecule has 8 nitrogen and oxygen atoms in total. The van der Waals surface area contributed by atoms with Crippen molar-refractivity contribution in [3.63, 3.8) is 0 Å². The van der Waals surface area contributed by atoms with Gasteiger partial charge in [0, 0.05) is 31.4 Å². The van der Waals surface area contributed by atoms with Crippen molar-refractivity contribution in [2.24, 2.45) is 0 Å². The van der Waals surface area contributed by atoms with Crippen LogP contribution in [0.25, 0.3) is 0 Å². The van der Waals surface area contributed by atoms with Crippen LogP contribution in [0.5, 0.6) is 0 Å². The summed E-state index contributed by atoms with van der Waals surface area (Å²) in [6, 6.07) is -0.561. The normalized spacial score (nSPS) is 26.6. The molecule has 1 aromatic heterocycles. The Bertz CT molecular complexity index is 715. The Kier molecular flexibility index (Phi) is 4.56. The molecule has 0 aromatic carbocycles. The smallest absolute Gasteiger partial charge is 0.410 e. The molecule has 1 N–H and O–H groups in total. The van der Waals surface area contributed by atoms with Crippen LogP contribution in [0.2, 0.25) is 0 Å². The van der Waals surface area contributed by atoms with Crippen molar-refractivity contribution in [3.05, 3.63) is 17.7 Å². The molecule has 0 bridgehead atoms. The monoisotopic (exact) mass is 356 g/mol. The summed E-state index contributed by atoms with van der Waals surface area (Å²) >= 11 is 0. The number of H-pyrrole nitrogens is 1. The number of piperazine rings is 1. The van der Waals surface area contributed by atoms with Crippen LogP contribution in [-0.4, -0.2) is 77.1 Å². The lowest BCUT2D eigenvalue weighted by atomic mass is 10.0. The van der Waals surface area contributed by atoms with E-state index in [1.165, 1.54) is 0 Å². The number of nitrogens with zero attached hydrogens (tertiary/aromatic N) is 3. The van der Waals surface area contributed by atoms with Crippen molar-refractivity contribution >= 4 is 15.9 Å². The van der Waals surface area contributed by atoms with Crippen LogP contribution >= 0.6 is 0 Å². The van der Waals surface area contributed by atoms with Gasteiger partial charge in [-0.05, 0) is 20.8 Å². The van der Waals surface area contributed by atoms with Crippen molar-refractivity contribution in [3.8, 4) is 0 Å². The van der Waals surface area contributed by atoms with Gasteiger partial charge in [-0.2, -0.15) is 0 Å². The molecule has 2 aliphatic rings. The van der Waals surface area contributed by atoms with Crippen molar-refractivity contribution in [1.29, 1.82) is 0 Å². The maximum absolute atomic E-state index is 12.3. The van der Waals surface area contributed by atoms with Gasteiger partial charge in [0.1, 0.15) is 0 Å². The minimum absolute atomic E-state index is 0.000902. The second-order valence-corrected chi connectivity index (χ2v) is 8.94. The van der Waals surface area contributed by atoms with E-state index >= 15 is 0 Å². The standard InChI is InChI=1S/C15H24N4O4S/c1-10(2)23-15(20)19-5-4-18(6-12-11(3)16-9-17-12)13-7-24(21,22)8-14(13)19/h9-10,13-14H,4-8H2,1-3H3,(H,16,17)/t13-,14+/m0/s1. The third kappa shape index (κ3) is 3.41. The molecule has 0 aliphatic carbocycles. The lowest BCUT2D eigenvalue weighted by Gasteiger charge is -2.43. The fourth-order valence-electron chi connectivity index (χ4n) is 3.46. The Morgan fingerprint density at radius 2 is 2.08 bits per heavy atom. The molecule has 0 radical (unpaired) electrons. The zero-order valence-electron chi connectivity index (χ0n) is 14.2. The van der Waals surface area contributed by atoms with Crippen LogP contribution in [0.3, 0.4) is 0 Å². The number of rotatable bonds is 3. The number of ether oxygens (including phenoxy) is 1. The minimum Gasteiger partial charge on any atom is -0.447 e. The molecular weight excluding hydrogens is 332 g/mol. The number of hydrogen-bond donors (Lipinski definition) is 1. The highest BCUT2D eigenvalue weighted by atomic mass is 32.2. The molecule has 3 rings (SSSR count). The summed E-state index contributed by atoms with van der Waals surface area (Å²) in [6.07, 6.45) is 0.996. The molecule has 3 heterocycles. The topological polar surface area (TPSA) is 95.6 Å². The number of aryl methyl sites for hydroxylation is 1. The SMILES string of the molecule is Cc1[nH]cnc1CN1CCN(C(=O)OC(C)C)[C@@H]2CS(=O)(=O)C[C@@H]21. The van der Waals surface area contributed by atoms with Crippen molar-refractivity contribution in [2.75, 3.05) is 24.6 Å². The van der Waals surface area contributed by atoms with Gasteiger partial charge in [-0.1, -0.05) is 0 Å². The fourth-order valence-corrected chi connectivity index (χ4v) is 5.47. The number of carbonyl (C=O) groups excluding carboxylic acids is 1. The Hall–Kier alpha value is -1.61. The van der Waals surface area contributed by atoms with E-state index in [1.807, 2.05) is 6.92 Å². The van der Waals surface area contributed by atoms with Crippen molar-refractivity contribution in [1.82, 2.24) is 19.8 Å². The average Bonchev–Trinajstić information content (AvgIpc) is 3.00. The van der Waals surface area contributed by atoms with E-state index in [-0.39, 0.29) is 29.7 Å². The molecule has 2 aliphatic heterocycles. The van der Waals surface area contributed by atoms with E-state index in [0.717, 1.165) is 11.4 Å². The molecule has 9 heteroatoms. The highest BCUT2D eigenvalue weighted by molar-refractivity contribution is 7.91. The predicted molar refractivity (Wildman–Crippen MR) is 88.3 cm³/mol. The second-order valence-electron chi connectivity index (χ2n) is 6.78. The van der Waals surface area contributed by atoms with E-state index in [2.05, 4.69) is 14.9 Å². The number of hydrogen-bond acceptors (Lipinski definition) is 6. The third-order valence-electron chi connectivity index (χ3n) is 4.65. The third-order valence-corrected chi connectivity index (χ3v) is 6.35. The molecule has 1 aromatic rings. The summed E-state index contributed by atoms with van der Waals surface area (Å²) in [6.45, 7) is 7.18. The van der Waals surface area contributed by atoms with Gasteiger partial charge in [0.25, 0.3) is 0 Å². The van der Waals surface area contributed by atoms with Crippen LogP contribution in [-0.2, 0) is 21.1 Å². The quantitative estimate of drug-likeness (QED) is 0.850. The van der Waals surface area contributed by atoms with Crippen molar-refractivity contribution in [2.45, 2.75) is 45.5 Å². The molecule has 2 saturated heterocycles. The molecule has 24 heavy (non-hydrogen) atoms. The van der Waals surface area contributed by atoms with Gasteiger partial charge in [-0.15, -0.1) is 0 Å². The van der Waals surface area contributed by atoms with Crippen LogP contribution in [0.15, 0.2) is 6.33 Å². The van der Waals surface area contributed by atoms with Gasteiger partial charge in [0.05, 0.1) is 35.7 Å². The van der Waals surface area contributed by atoms with Gasteiger partial charge in [-0.25, -0.2) is 18.2 Å². The highest BCUT2D eigenvalue weighted by Gasteiger charge is 2.48. The number of sulfone groups is 1. The summed E-state index contributed by atoms with van der Waals surface area (Å²) in [7, 11) is -3.17. The van der Waals surface area contributed by atoms with E-state index in [9.17, 15) is 13.2 Å². The molecule has 1 amide bonds. The van der Waals surface area contributed by atoms with E-state index in [0.29, 0.717) is 19.6 Å². The largest absolute Gasteiger partial charge is 0.447 e. The number of amides is 1. The molecule has 0 spiro atoms. The summed E-state index contributed by atoms with van der Waals surface area (Å²) < 4.78 is 29.6. The lowest BCUT2D eigenvalue weighted by Crippen LogP contribution is -2.60. The molecule has 0 unspecified atom stereocenters. The van der Waals surface area contributed by atoms with Gasteiger partial charge < -0.3 is 14.6 Å². The highest BCUT2D eigenvalue weighted by Crippen LogP contribution is 2.29. The molecule has 2 fully saturated rings. The number of nitrogens with one attached hydrogen (secondary N) is 1. The Morgan fingerprint density at radius 3 is 2.71 bits per heavy atom. The summed E-state index contributed by atoms with van der Waals surface area (Å²) in [5.41, 5.74) is 1.89. The van der Waals surface area contributed by atoms with Crippen LogP contribution in [0.1, 0.15) is 25.2 Å². The van der Waals surface area contributed by atoms with Crippen LogP contribution < -0.4 is 0 Å². The fraction of sp³-hybridized carbons (Fsp3) is 0.733. The molecule has 0 saturated carbocycles. The first-order valence-electron chi connectivity index (χ1n) is 8.17. The van der Waals surface area contributed by atoms with Gasteiger partial charge >= 0.3 is 6.09 Å². The van der Waals surface area contributed by atoms with Crippen molar-refractivity contribution < 1.29 is 17.9 Å². The number of imidazole rings is 1. The first-order chi connectivity index (χ1) is 11.3. The molecular formula is C15H24N4O4S. The number of fused-ring (bicyclic) bond motifs is 1. The predicted octanol–water partition coefficient (Wildman–Crippen LogP) is 0.546. The Morgan fingerprint density at radius 1 is 1.38 bits per heavy atom. The Labute approximate surface area is 142 Å².